The standard InChI is InChI=1S/C17H18N6O4S3/c18-5-10-19-17(22-21-10)30-7-8-6-29-15-12(14(25)23(15)13(8)16(26)27)20-11(24)4-9-2-1-3-28-9/h1-3,12,15H,4-7,18H2,(H,20,24)(H,26,27)(H,19,21,22)/t12?,15-/m0/s1. The molecule has 1 fully saturated rings. The summed E-state index contributed by atoms with van der Waals surface area (Å²) in [6.07, 6.45) is 0.198. The Bertz CT molecular complexity index is 1010. The van der Waals surface area contributed by atoms with Crippen LogP contribution in [0.1, 0.15) is 10.7 Å². The van der Waals surface area contributed by atoms with Crippen LogP contribution in [-0.2, 0) is 27.3 Å². The van der Waals surface area contributed by atoms with Gasteiger partial charge in [0, 0.05) is 16.4 Å². The summed E-state index contributed by atoms with van der Waals surface area (Å²) in [6, 6.07) is 3.00. The van der Waals surface area contributed by atoms with E-state index < -0.39 is 23.3 Å². The number of β-lactam (4-membered cyclic amide) rings is 1. The lowest BCUT2D eigenvalue weighted by molar-refractivity contribution is -0.150. The topological polar surface area (TPSA) is 154 Å². The number of H-pyrrole nitrogens is 1. The molecular formula is C17H18N6O4S3. The van der Waals surface area contributed by atoms with Crippen molar-refractivity contribution in [1.29, 1.82) is 0 Å². The second kappa shape index (κ2) is 8.79. The smallest absolute Gasteiger partial charge is 0.352 e. The molecule has 2 aliphatic rings. The van der Waals surface area contributed by atoms with E-state index in [2.05, 4.69) is 20.5 Å². The third-order valence-corrected chi connectivity index (χ3v) is 7.71. The minimum Gasteiger partial charge on any atom is -0.477 e. The predicted octanol–water partition coefficient (Wildman–Crippen LogP) is 0.398. The first kappa shape index (κ1) is 20.9. The molecule has 0 saturated carbocycles. The Morgan fingerprint density at radius 1 is 1.47 bits per heavy atom. The maximum absolute atomic E-state index is 12.7. The van der Waals surface area contributed by atoms with Gasteiger partial charge >= 0.3 is 5.97 Å². The van der Waals surface area contributed by atoms with Crippen LogP contribution in [0.15, 0.2) is 33.9 Å². The average Bonchev–Trinajstić information content (AvgIpc) is 3.41. The number of carbonyl (C=O) groups is 3. The molecule has 30 heavy (non-hydrogen) atoms. The summed E-state index contributed by atoms with van der Waals surface area (Å²) in [7, 11) is 0. The monoisotopic (exact) mass is 466 g/mol. The molecule has 5 N–H and O–H groups in total. The maximum Gasteiger partial charge on any atom is 0.352 e. The number of thioether (sulfide) groups is 2. The number of hydrogen-bond acceptors (Lipinski definition) is 9. The lowest BCUT2D eigenvalue weighted by Crippen LogP contribution is -2.70. The summed E-state index contributed by atoms with van der Waals surface area (Å²) in [5.74, 6) is -0.502. The summed E-state index contributed by atoms with van der Waals surface area (Å²) >= 11 is 4.19. The van der Waals surface area contributed by atoms with Crippen molar-refractivity contribution in [2.75, 3.05) is 11.5 Å². The van der Waals surface area contributed by atoms with E-state index in [9.17, 15) is 19.5 Å². The van der Waals surface area contributed by atoms with Gasteiger partial charge in [-0.25, -0.2) is 9.78 Å². The van der Waals surface area contributed by atoms with Crippen LogP contribution in [0.25, 0.3) is 0 Å². The van der Waals surface area contributed by atoms with Crippen molar-refractivity contribution in [3.05, 3.63) is 39.5 Å². The number of aromatic amines is 1. The van der Waals surface area contributed by atoms with Gasteiger partial charge in [-0.3, -0.25) is 19.6 Å². The predicted molar refractivity (Wildman–Crippen MR) is 113 cm³/mol. The molecule has 0 spiro atoms. The molecule has 13 heteroatoms. The molecule has 2 aliphatic heterocycles. The third kappa shape index (κ3) is 4.10. The molecule has 0 aliphatic carbocycles. The summed E-state index contributed by atoms with van der Waals surface area (Å²) in [6.45, 7) is 0.232. The number of carbonyl (C=O) groups excluding carboxylic acids is 2. The number of carboxylic acids is 1. The van der Waals surface area contributed by atoms with Crippen LogP contribution in [-0.4, -0.2) is 65.9 Å². The summed E-state index contributed by atoms with van der Waals surface area (Å²) in [5, 5.41) is 21.1. The molecule has 0 aromatic carbocycles. The highest BCUT2D eigenvalue weighted by Gasteiger charge is 2.54. The van der Waals surface area contributed by atoms with Gasteiger partial charge in [-0.05, 0) is 17.0 Å². The van der Waals surface area contributed by atoms with Crippen LogP contribution in [0.4, 0.5) is 0 Å². The number of aromatic nitrogens is 3. The number of aliphatic carboxylic acids is 1. The Balaban J connectivity index is 1.43. The molecule has 2 atom stereocenters. The van der Waals surface area contributed by atoms with Crippen molar-refractivity contribution in [3.8, 4) is 0 Å². The molecular weight excluding hydrogens is 448 g/mol. The summed E-state index contributed by atoms with van der Waals surface area (Å²) in [4.78, 5) is 43.2. The molecule has 158 valence electrons. The first-order valence-corrected chi connectivity index (χ1v) is 11.8. The normalized spacial score (nSPS) is 20.7. The van der Waals surface area contributed by atoms with E-state index >= 15 is 0 Å². The zero-order chi connectivity index (χ0) is 21.3. The quantitative estimate of drug-likeness (QED) is 0.320. The van der Waals surface area contributed by atoms with Gasteiger partial charge in [-0.1, -0.05) is 17.8 Å². The molecule has 2 amide bonds. The number of hydrogen-bond donors (Lipinski definition) is 4. The molecule has 10 nitrogen and oxygen atoms in total. The molecule has 2 aromatic rings. The fourth-order valence-electron chi connectivity index (χ4n) is 3.18. The summed E-state index contributed by atoms with van der Waals surface area (Å²) < 4.78 is 0. The molecule has 0 radical (unpaired) electrons. The Morgan fingerprint density at radius 3 is 2.97 bits per heavy atom. The van der Waals surface area contributed by atoms with E-state index in [1.54, 1.807) is 0 Å². The van der Waals surface area contributed by atoms with Crippen molar-refractivity contribution in [2.24, 2.45) is 5.73 Å². The summed E-state index contributed by atoms with van der Waals surface area (Å²) in [5.41, 5.74) is 6.09. The number of nitrogens with zero attached hydrogens (tertiary/aromatic N) is 3. The third-order valence-electron chi connectivity index (χ3n) is 4.56. The first-order chi connectivity index (χ1) is 14.5. The van der Waals surface area contributed by atoms with E-state index in [0.29, 0.717) is 28.1 Å². The highest BCUT2D eigenvalue weighted by Crippen LogP contribution is 2.41. The minimum absolute atomic E-state index is 0.0189. The highest BCUT2D eigenvalue weighted by molar-refractivity contribution is 8.01. The average molecular weight is 467 g/mol. The van der Waals surface area contributed by atoms with Gasteiger partial charge in [0.2, 0.25) is 11.1 Å². The number of amides is 2. The van der Waals surface area contributed by atoms with Crippen molar-refractivity contribution in [3.63, 3.8) is 0 Å². The zero-order valence-corrected chi connectivity index (χ0v) is 18.0. The number of thiophene rings is 1. The number of carboxylic acid groups (broad SMARTS) is 1. The van der Waals surface area contributed by atoms with Crippen molar-refractivity contribution in [2.45, 2.75) is 29.5 Å². The van der Waals surface area contributed by atoms with Crippen molar-refractivity contribution < 1.29 is 19.5 Å². The van der Waals surface area contributed by atoms with E-state index in [1.165, 1.54) is 39.8 Å². The molecule has 4 heterocycles. The Labute approximate surface area is 183 Å². The second-order valence-corrected chi connectivity index (χ2v) is 9.61. The van der Waals surface area contributed by atoms with Gasteiger partial charge in [-0.15, -0.1) is 28.2 Å². The van der Waals surface area contributed by atoms with Gasteiger partial charge in [0.05, 0.1) is 13.0 Å². The molecule has 2 aromatic heterocycles. The lowest BCUT2D eigenvalue weighted by atomic mass is 10.0. The van der Waals surface area contributed by atoms with Crippen LogP contribution in [0.3, 0.4) is 0 Å². The van der Waals surface area contributed by atoms with Gasteiger partial charge in [-0.2, -0.15) is 0 Å². The fourth-order valence-corrected chi connectivity index (χ4v) is 6.18. The van der Waals surface area contributed by atoms with E-state index in [1.807, 2.05) is 17.5 Å². The van der Waals surface area contributed by atoms with Crippen molar-refractivity contribution in [1.82, 2.24) is 25.4 Å². The van der Waals surface area contributed by atoms with Gasteiger partial charge in [0.15, 0.2) is 0 Å². The Morgan fingerprint density at radius 2 is 2.30 bits per heavy atom. The van der Waals surface area contributed by atoms with Crippen LogP contribution >= 0.6 is 34.9 Å². The number of fused-ring (bicyclic) bond motifs is 1. The second-order valence-electron chi connectivity index (χ2n) is 6.53. The first-order valence-electron chi connectivity index (χ1n) is 8.93. The SMILES string of the molecule is NCc1nc(SCC2=C(C(=O)O)N3C(=O)C(NC(=O)Cc4cccs4)[C@@H]3SC2)n[nH]1. The van der Waals surface area contributed by atoms with E-state index in [4.69, 9.17) is 5.73 Å². The van der Waals surface area contributed by atoms with E-state index in [-0.39, 0.29) is 24.6 Å². The van der Waals surface area contributed by atoms with Crippen LogP contribution in [0.5, 0.6) is 0 Å². The van der Waals surface area contributed by atoms with Crippen LogP contribution in [0, 0.1) is 0 Å². The van der Waals surface area contributed by atoms with Gasteiger partial charge in [0.1, 0.15) is 22.9 Å². The van der Waals surface area contributed by atoms with Gasteiger partial charge < -0.3 is 16.2 Å². The molecule has 1 saturated heterocycles. The molecule has 0 bridgehead atoms. The number of nitrogens with one attached hydrogen (secondary N) is 2. The fraction of sp³-hybridized carbons (Fsp3) is 0.353. The molecule has 4 rings (SSSR count). The lowest BCUT2D eigenvalue weighted by Gasteiger charge is -2.49. The van der Waals surface area contributed by atoms with E-state index in [0.717, 1.165) is 4.88 Å². The largest absolute Gasteiger partial charge is 0.477 e. The number of rotatable bonds is 8. The Hall–Kier alpha value is -2.35. The van der Waals surface area contributed by atoms with Crippen LogP contribution < -0.4 is 11.1 Å². The van der Waals surface area contributed by atoms with Crippen LogP contribution in [0.2, 0.25) is 0 Å². The van der Waals surface area contributed by atoms with Gasteiger partial charge in [0.25, 0.3) is 5.91 Å². The Kier molecular flexibility index (Phi) is 6.13. The molecule has 1 unspecified atom stereocenters. The minimum atomic E-state index is -1.16. The zero-order valence-electron chi connectivity index (χ0n) is 15.5. The number of nitrogens with two attached hydrogens (primary N) is 1. The highest BCUT2D eigenvalue weighted by atomic mass is 32.2. The maximum atomic E-state index is 12.7. The van der Waals surface area contributed by atoms with Crippen molar-refractivity contribution >= 4 is 52.6 Å².